The Morgan fingerprint density at radius 1 is 1.31 bits per heavy atom. The van der Waals surface area contributed by atoms with Gasteiger partial charge in [0.05, 0.1) is 6.10 Å². The molecule has 0 atom stereocenters. The van der Waals surface area contributed by atoms with Crippen molar-refractivity contribution >= 4 is 0 Å². The zero-order valence-electron chi connectivity index (χ0n) is 9.14. The highest BCUT2D eigenvalue weighted by molar-refractivity contribution is 4.94. The lowest BCUT2D eigenvalue weighted by atomic mass is 9.59. The molecule has 1 saturated carbocycles. The van der Waals surface area contributed by atoms with Crippen LogP contribution in [0.15, 0.2) is 0 Å². The van der Waals surface area contributed by atoms with Crippen LogP contribution >= 0.6 is 0 Å². The number of rotatable bonds is 1. The van der Waals surface area contributed by atoms with Crippen molar-refractivity contribution in [2.75, 3.05) is 6.54 Å². The van der Waals surface area contributed by atoms with Crippen molar-refractivity contribution < 1.29 is 5.11 Å². The number of aliphatic hydroxyl groups excluding tert-OH is 1. The van der Waals surface area contributed by atoms with Crippen molar-refractivity contribution in [3.8, 4) is 0 Å². The molecule has 0 heterocycles. The molecule has 3 N–H and O–H groups in total. The fraction of sp³-hybridized carbons (Fsp3) is 1.00. The van der Waals surface area contributed by atoms with Gasteiger partial charge in [-0.15, -0.1) is 0 Å². The van der Waals surface area contributed by atoms with Crippen LogP contribution in [0.3, 0.4) is 0 Å². The number of nitrogens with two attached hydrogens (primary N) is 1. The summed E-state index contributed by atoms with van der Waals surface area (Å²) in [5, 5.41) is 9.46. The standard InChI is InChI=1S/C11H23NO/c1-10(2,3)11(8-12)6-4-9(13)5-7-11/h9,13H,4-8,12H2,1-3H3. The van der Waals surface area contributed by atoms with E-state index in [-0.39, 0.29) is 16.9 Å². The van der Waals surface area contributed by atoms with Gasteiger partial charge in [0, 0.05) is 0 Å². The second-order valence-corrected chi connectivity index (χ2v) is 5.47. The van der Waals surface area contributed by atoms with Crippen LogP contribution in [0.2, 0.25) is 0 Å². The van der Waals surface area contributed by atoms with Crippen molar-refractivity contribution in [3.05, 3.63) is 0 Å². The molecule has 1 aliphatic carbocycles. The minimum absolute atomic E-state index is 0.0815. The first kappa shape index (κ1) is 11.0. The van der Waals surface area contributed by atoms with Crippen LogP contribution in [0.25, 0.3) is 0 Å². The average Bonchev–Trinajstić information content (AvgIpc) is 2.04. The van der Waals surface area contributed by atoms with Gasteiger partial charge in [-0.25, -0.2) is 0 Å². The molecule has 0 unspecified atom stereocenters. The second kappa shape index (κ2) is 3.58. The molecule has 0 spiro atoms. The van der Waals surface area contributed by atoms with Crippen LogP contribution in [0, 0.1) is 10.8 Å². The molecule has 13 heavy (non-hydrogen) atoms. The van der Waals surface area contributed by atoms with Crippen LogP contribution in [0.1, 0.15) is 46.5 Å². The molecule has 0 saturated heterocycles. The summed E-state index contributed by atoms with van der Waals surface area (Å²) in [4.78, 5) is 0. The third-order valence-corrected chi connectivity index (χ3v) is 3.89. The van der Waals surface area contributed by atoms with E-state index in [1.165, 1.54) is 0 Å². The van der Waals surface area contributed by atoms with Crippen molar-refractivity contribution in [2.24, 2.45) is 16.6 Å². The zero-order valence-corrected chi connectivity index (χ0v) is 9.14. The fourth-order valence-corrected chi connectivity index (χ4v) is 2.42. The van der Waals surface area contributed by atoms with Crippen LogP contribution in [0.4, 0.5) is 0 Å². The quantitative estimate of drug-likeness (QED) is 0.655. The van der Waals surface area contributed by atoms with Gasteiger partial charge in [-0.05, 0) is 43.1 Å². The van der Waals surface area contributed by atoms with Gasteiger partial charge in [0.15, 0.2) is 0 Å². The first-order valence-corrected chi connectivity index (χ1v) is 5.29. The van der Waals surface area contributed by atoms with Crippen LogP contribution < -0.4 is 5.73 Å². The first-order valence-electron chi connectivity index (χ1n) is 5.29. The molecule has 2 heteroatoms. The highest BCUT2D eigenvalue weighted by Crippen LogP contribution is 2.48. The molecule has 78 valence electrons. The van der Waals surface area contributed by atoms with E-state index >= 15 is 0 Å². The molecule has 1 fully saturated rings. The molecular formula is C11H23NO. The summed E-state index contributed by atoms with van der Waals surface area (Å²) in [5.74, 6) is 0. The minimum atomic E-state index is -0.0815. The lowest BCUT2D eigenvalue weighted by Crippen LogP contribution is -2.45. The monoisotopic (exact) mass is 185 g/mol. The maximum absolute atomic E-state index is 9.46. The van der Waals surface area contributed by atoms with E-state index in [4.69, 9.17) is 5.73 Å². The number of aliphatic hydroxyl groups is 1. The predicted molar refractivity (Wildman–Crippen MR) is 55.4 cm³/mol. The molecule has 0 amide bonds. The second-order valence-electron chi connectivity index (χ2n) is 5.47. The smallest absolute Gasteiger partial charge is 0.0540 e. The van der Waals surface area contributed by atoms with Crippen molar-refractivity contribution in [2.45, 2.75) is 52.6 Å². The maximum atomic E-state index is 9.46. The van der Waals surface area contributed by atoms with E-state index in [0.29, 0.717) is 0 Å². The fourth-order valence-electron chi connectivity index (χ4n) is 2.42. The summed E-state index contributed by atoms with van der Waals surface area (Å²) in [6, 6.07) is 0. The Kier molecular flexibility index (Phi) is 3.03. The molecule has 0 aliphatic heterocycles. The SMILES string of the molecule is CC(C)(C)C1(CN)CCC(O)CC1. The van der Waals surface area contributed by atoms with Crippen LogP contribution in [-0.2, 0) is 0 Å². The van der Waals surface area contributed by atoms with Gasteiger partial charge in [0.2, 0.25) is 0 Å². The van der Waals surface area contributed by atoms with Gasteiger partial charge in [-0.3, -0.25) is 0 Å². The van der Waals surface area contributed by atoms with Crippen molar-refractivity contribution in [3.63, 3.8) is 0 Å². The Balaban J connectivity index is 2.72. The zero-order chi connectivity index (χ0) is 10.1. The molecule has 0 bridgehead atoms. The number of hydrogen-bond donors (Lipinski definition) is 2. The first-order chi connectivity index (χ1) is 5.91. The van der Waals surface area contributed by atoms with E-state index in [0.717, 1.165) is 32.2 Å². The summed E-state index contributed by atoms with van der Waals surface area (Å²) in [6.45, 7) is 7.54. The number of hydrogen-bond acceptors (Lipinski definition) is 2. The van der Waals surface area contributed by atoms with E-state index in [1.807, 2.05) is 0 Å². The Morgan fingerprint density at radius 3 is 2.08 bits per heavy atom. The molecule has 2 nitrogen and oxygen atoms in total. The Bertz CT molecular complexity index is 163. The van der Waals surface area contributed by atoms with E-state index in [1.54, 1.807) is 0 Å². The summed E-state index contributed by atoms with van der Waals surface area (Å²) in [7, 11) is 0. The normalized spacial score (nSPS) is 36.2. The molecule has 0 aromatic carbocycles. The third-order valence-electron chi connectivity index (χ3n) is 3.89. The van der Waals surface area contributed by atoms with Gasteiger partial charge >= 0.3 is 0 Å². The van der Waals surface area contributed by atoms with Crippen LogP contribution in [0.5, 0.6) is 0 Å². The molecule has 0 radical (unpaired) electrons. The largest absolute Gasteiger partial charge is 0.393 e. The molecule has 1 aliphatic rings. The van der Waals surface area contributed by atoms with Crippen molar-refractivity contribution in [1.29, 1.82) is 0 Å². The van der Waals surface area contributed by atoms with Gasteiger partial charge in [-0.1, -0.05) is 20.8 Å². The summed E-state index contributed by atoms with van der Waals surface area (Å²) in [6.07, 6.45) is 3.92. The summed E-state index contributed by atoms with van der Waals surface area (Å²) in [5.41, 5.74) is 6.41. The summed E-state index contributed by atoms with van der Waals surface area (Å²) < 4.78 is 0. The minimum Gasteiger partial charge on any atom is -0.393 e. The molecule has 0 aromatic rings. The lowest BCUT2D eigenvalue weighted by molar-refractivity contribution is -0.00198. The highest BCUT2D eigenvalue weighted by atomic mass is 16.3. The van der Waals surface area contributed by atoms with E-state index in [9.17, 15) is 5.11 Å². The van der Waals surface area contributed by atoms with Crippen LogP contribution in [-0.4, -0.2) is 17.8 Å². The highest BCUT2D eigenvalue weighted by Gasteiger charge is 2.42. The van der Waals surface area contributed by atoms with Gasteiger partial charge < -0.3 is 10.8 Å². The molecular weight excluding hydrogens is 162 g/mol. The Labute approximate surface area is 81.5 Å². The Morgan fingerprint density at radius 2 is 1.77 bits per heavy atom. The lowest BCUT2D eigenvalue weighted by Gasteiger charge is -2.48. The van der Waals surface area contributed by atoms with Gasteiger partial charge in [0.1, 0.15) is 0 Å². The van der Waals surface area contributed by atoms with E-state index < -0.39 is 0 Å². The molecule has 1 rings (SSSR count). The maximum Gasteiger partial charge on any atom is 0.0540 e. The van der Waals surface area contributed by atoms with Gasteiger partial charge in [0.25, 0.3) is 0 Å². The third kappa shape index (κ3) is 2.05. The summed E-state index contributed by atoms with van der Waals surface area (Å²) >= 11 is 0. The topological polar surface area (TPSA) is 46.2 Å². The van der Waals surface area contributed by atoms with Crippen molar-refractivity contribution in [1.82, 2.24) is 0 Å². The van der Waals surface area contributed by atoms with E-state index in [2.05, 4.69) is 20.8 Å². The average molecular weight is 185 g/mol. The Hall–Kier alpha value is -0.0800. The van der Waals surface area contributed by atoms with Gasteiger partial charge in [-0.2, -0.15) is 0 Å². The molecule has 0 aromatic heterocycles. The predicted octanol–water partition coefficient (Wildman–Crippen LogP) is 1.91.